The van der Waals surface area contributed by atoms with E-state index in [4.69, 9.17) is 4.74 Å². The lowest BCUT2D eigenvalue weighted by molar-refractivity contribution is -0.120. The van der Waals surface area contributed by atoms with Gasteiger partial charge in [-0.15, -0.1) is 0 Å². The van der Waals surface area contributed by atoms with Gasteiger partial charge in [-0.25, -0.2) is 4.79 Å². The number of imide groups is 1. The van der Waals surface area contributed by atoms with Crippen LogP contribution >= 0.6 is 0 Å². The summed E-state index contributed by atoms with van der Waals surface area (Å²) in [6, 6.07) is 4.58. The number of carbonyl (C=O) groups is 2. The molecule has 2 aliphatic heterocycles. The van der Waals surface area contributed by atoms with Crippen molar-refractivity contribution in [1.82, 2.24) is 10.6 Å². The van der Waals surface area contributed by atoms with Crippen molar-refractivity contribution in [3.05, 3.63) is 29.3 Å². The third kappa shape index (κ3) is 1.63. The standard InChI is InChI=1S/C13H14N2O3/c1-13(2)6-7-4-3-5-8(10(7)18-13)9-11(16)15-12(17)14-9/h3-5,9H,6H2,1-2H3,(H2,14,15,16,17). The molecule has 1 atom stereocenters. The van der Waals surface area contributed by atoms with E-state index in [0.29, 0.717) is 0 Å². The van der Waals surface area contributed by atoms with E-state index < -0.39 is 12.1 Å². The topological polar surface area (TPSA) is 67.4 Å². The molecule has 3 amide bonds. The number of fused-ring (bicyclic) bond motifs is 1. The van der Waals surface area contributed by atoms with Gasteiger partial charge in [-0.3, -0.25) is 10.1 Å². The maximum absolute atomic E-state index is 11.7. The molecular formula is C13H14N2O3. The third-order valence-corrected chi connectivity index (χ3v) is 3.21. The fraction of sp³-hybridized carbons (Fsp3) is 0.385. The van der Waals surface area contributed by atoms with Gasteiger partial charge in [0.05, 0.1) is 0 Å². The Morgan fingerprint density at radius 3 is 2.78 bits per heavy atom. The van der Waals surface area contributed by atoms with Crippen molar-refractivity contribution < 1.29 is 14.3 Å². The molecule has 0 aliphatic carbocycles. The summed E-state index contributed by atoms with van der Waals surface area (Å²) in [5.74, 6) is 0.395. The summed E-state index contributed by atoms with van der Waals surface area (Å²) < 4.78 is 5.89. The van der Waals surface area contributed by atoms with Gasteiger partial charge >= 0.3 is 6.03 Å². The summed E-state index contributed by atoms with van der Waals surface area (Å²) in [5.41, 5.74) is 1.53. The zero-order chi connectivity index (χ0) is 12.9. The molecule has 1 fully saturated rings. The first-order chi connectivity index (χ1) is 8.46. The molecule has 5 heteroatoms. The second kappa shape index (κ2) is 3.48. The summed E-state index contributed by atoms with van der Waals surface area (Å²) in [6.45, 7) is 4.01. The molecule has 1 saturated heterocycles. The largest absolute Gasteiger partial charge is 0.487 e. The van der Waals surface area contributed by atoms with E-state index in [1.807, 2.05) is 32.0 Å². The summed E-state index contributed by atoms with van der Waals surface area (Å²) in [5, 5.41) is 4.83. The lowest BCUT2D eigenvalue weighted by Gasteiger charge is -2.19. The van der Waals surface area contributed by atoms with Crippen LogP contribution in [0.15, 0.2) is 18.2 Å². The first-order valence-electron chi connectivity index (χ1n) is 5.88. The number of hydrogen-bond acceptors (Lipinski definition) is 3. The van der Waals surface area contributed by atoms with Gasteiger partial charge in [0.1, 0.15) is 17.4 Å². The Bertz CT molecular complexity index is 551. The normalized spacial score (nSPS) is 24.2. The van der Waals surface area contributed by atoms with E-state index in [0.717, 1.165) is 23.3 Å². The predicted octanol–water partition coefficient (Wildman–Crippen LogP) is 1.28. The number of para-hydroxylation sites is 1. The van der Waals surface area contributed by atoms with Gasteiger partial charge in [-0.1, -0.05) is 18.2 Å². The Hall–Kier alpha value is -2.04. The minimum absolute atomic E-state index is 0.266. The van der Waals surface area contributed by atoms with Gasteiger partial charge in [0.15, 0.2) is 0 Å². The van der Waals surface area contributed by atoms with Gasteiger partial charge in [0.25, 0.3) is 5.91 Å². The van der Waals surface area contributed by atoms with Gasteiger partial charge in [0.2, 0.25) is 0 Å². The smallest absolute Gasteiger partial charge is 0.322 e. The average molecular weight is 246 g/mol. The van der Waals surface area contributed by atoms with Crippen molar-refractivity contribution in [1.29, 1.82) is 0 Å². The quantitative estimate of drug-likeness (QED) is 0.733. The van der Waals surface area contributed by atoms with Crippen LogP contribution < -0.4 is 15.4 Å². The fourth-order valence-corrected chi connectivity index (χ4v) is 2.50. The second-order valence-corrected chi connectivity index (χ2v) is 5.27. The second-order valence-electron chi connectivity index (χ2n) is 5.27. The molecule has 2 N–H and O–H groups in total. The molecular weight excluding hydrogens is 232 g/mol. The average Bonchev–Trinajstić information content (AvgIpc) is 2.75. The number of amides is 3. The van der Waals surface area contributed by atoms with E-state index in [1.54, 1.807) is 0 Å². The Balaban J connectivity index is 2.03. The molecule has 94 valence electrons. The number of benzene rings is 1. The summed E-state index contributed by atoms with van der Waals surface area (Å²) in [6.07, 6.45) is 0.804. The Kier molecular flexibility index (Phi) is 2.14. The predicted molar refractivity (Wildman–Crippen MR) is 64.3 cm³/mol. The zero-order valence-electron chi connectivity index (χ0n) is 10.2. The monoisotopic (exact) mass is 246 g/mol. The van der Waals surface area contributed by atoms with Crippen LogP contribution in [0, 0.1) is 0 Å². The van der Waals surface area contributed by atoms with E-state index >= 15 is 0 Å². The van der Waals surface area contributed by atoms with Gasteiger partial charge < -0.3 is 10.1 Å². The molecule has 1 aromatic carbocycles. The molecule has 0 radical (unpaired) electrons. The molecule has 1 unspecified atom stereocenters. The Morgan fingerprint density at radius 2 is 2.11 bits per heavy atom. The SMILES string of the molecule is CC1(C)Cc2cccc(C3NC(=O)NC3=O)c2O1. The molecule has 2 heterocycles. The number of hydrogen-bond donors (Lipinski definition) is 2. The number of nitrogens with one attached hydrogen (secondary N) is 2. The van der Waals surface area contributed by atoms with Crippen molar-refractivity contribution in [2.75, 3.05) is 0 Å². The molecule has 0 aromatic heterocycles. The van der Waals surface area contributed by atoms with E-state index in [9.17, 15) is 9.59 Å². The van der Waals surface area contributed by atoms with Crippen LogP contribution in [0.3, 0.4) is 0 Å². The van der Waals surface area contributed by atoms with Crippen molar-refractivity contribution in [2.45, 2.75) is 31.9 Å². The van der Waals surface area contributed by atoms with Crippen LogP contribution in [0.25, 0.3) is 0 Å². The number of carbonyl (C=O) groups excluding carboxylic acids is 2. The van der Waals surface area contributed by atoms with Crippen LogP contribution in [-0.2, 0) is 11.2 Å². The molecule has 1 aromatic rings. The highest BCUT2D eigenvalue weighted by atomic mass is 16.5. The van der Waals surface area contributed by atoms with Crippen LogP contribution in [0.2, 0.25) is 0 Å². The molecule has 0 bridgehead atoms. The maximum Gasteiger partial charge on any atom is 0.322 e. The molecule has 0 spiro atoms. The number of rotatable bonds is 1. The number of ether oxygens (including phenoxy) is 1. The molecule has 18 heavy (non-hydrogen) atoms. The van der Waals surface area contributed by atoms with E-state index in [-0.39, 0.29) is 11.5 Å². The fourth-order valence-electron chi connectivity index (χ4n) is 2.50. The minimum Gasteiger partial charge on any atom is -0.487 e. The molecule has 5 nitrogen and oxygen atoms in total. The summed E-state index contributed by atoms with van der Waals surface area (Å²) >= 11 is 0. The molecule has 0 saturated carbocycles. The van der Waals surface area contributed by atoms with Crippen LogP contribution in [0.1, 0.15) is 31.0 Å². The third-order valence-electron chi connectivity index (χ3n) is 3.21. The summed E-state index contributed by atoms with van der Waals surface area (Å²) in [7, 11) is 0. The maximum atomic E-state index is 11.7. The van der Waals surface area contributed by atoms with E-state index in [2.05, 4.69) is 10.6 Å². The minimum atomic E-state index is -0.652. The molecule has 2 aliphatic rings. The highest BCUT2D eigenvalue weighted by Crippen LogP contribution is 2.40. The van der Waals surface area contributed by atoms with Crippen molar-refractivity contribution in [3.63, 3.8) is 0 Å². The molecule has 3 rings (SSSR count). The highest BCUT2D eigenvalue weighted by Gasteiger charge is 2.38. The first-order valence-corrected chi connectivity index (χ1v) is 5.88. The van der Waals surface area contributed by atoms with Gasteiger partial charge in [-0.2, -0.15) is 0 Å². The summed E-state index contributed by atoms with van der Waals surface area (Å²) in [4.78, 5) is 22.9. The first kappa shape index (κ1) is 11.1. The van der Waals surface area contributed by atoms with Crippen LogP contribution in [-0.4, -0.2) is 17.5 Å². The zero-order valence-corrected chi connectivity index (χ0v) is 10.2. The lowest BCUT2D eigenvalue weighted by Crippen LogP contribution is -2.26. The van der Waals surface area contributed by atoms with Crippen LogP contribution in [0.5, 0.6) is 5.75 Å². The van der Waals surface area contributed by atoms with Crippen molar-refractivity contribution >= 4 is 11.9 Å². The van der Waals surface area contributed by atoms with Crippen molar-refractivity contribution in [3.8, 4) is 5.75 Å². The van der Waals surface area contributed by atoms with E-state index in [1.165, 1.54) is 0 Å². The number of urea groups is 1. The lowest BCUT2D eigenvalue weighted by atomic mass is 9.98. The Morgan fingerprint density at radius 1 is 1.33 bits per heavy atom. The van der Waals surface area contributed by atoms with Crippen molar-refractivity contribution in [2.24, 2.45) is 0 Å². The van der Waals surface area contributed by atoms with Crippen LogP contribution in [0.4, 0.5) is 4.79 Å². The van der Waals surface area contributed by atoms with Gasteiger partial charge in [-0.05, 0) is 19.4 Å². The Labute approximate surface area is 105 Å². The van der Waals surface area contributed by atoms with Gasteiger partial charge in [0, 0.05) is 12.0 Å². The highest BCUT2D eigenvalue weighted by molar-refractivity contribution is 6.04.